The Morgan fingerprint density at radius 2 is 1.83 bits per heavy atom. The average Bonchev–Trinajstić information content (AvgIpc) is 3.38. The van der Waals surface area contributed by atoms with E-state index in [2.05, 4.69) is 20.3 Å². The lowest BCUT2D eigenvalue weighted by Gasteiger charge is -2.15. The van der Waals surface area contributed by atoms with Crippen molar-refractivity contribution in [3.63, 3.8) is 0 Å². The quantitative estimate of drug-likeness (QED) is 0.182. The Bertz CT molecular complexity index is 1970. The maximum absolute atomic E-state index is 15.5. The molecule has 10 nitrogen and oxygen atoms in total. The summed E-state index contributed by atoms with van der Waals surface area (Å²) in [4.78, 5) is 36.0. The average molecular weight is 654 g/mol. The van der Waals surface area contributed by atoms with Gasteiger partial charge in [0.25, 0.3) is 5.91 Å². The first kappa shape index (κ1) is 32.4. The van der Waals surface area contributed by atoms with Crippen LogP contribution in [0.4, 0.5) is 13.2 Å². The summed E-state index contributed by atoms with van der Waals surface area (Å²) in [6, 6.07) is 10.2. The number of amides is 1. The SMILES string of the molecule is CNC(=O)c1cc(Cl)c(COc2cccc(-c3cc(F)c(Cc4nc5c(F)cc(C(=O)O)cc5n4C[C@@H](C)OC)cc3F)n2)cn1. The van der Waals surface area contributed by atoms with Crippen LogP contribution in [-0.2, 0) is 24.3 Å². The summed E-state index contributed by atoms with van der Waals surface area (Å²) < 4.78 is 58.4. The Balaban J connectivity index is 1.41. The predicted octanol–water partition coefficient (Wildman–Crippen LogP) is 5.83. The molecule has 0 spiro atoms. The molecule has 0 saturated heterocycles. The summed E-state index contributed by atoms with van der Waals surface area (Å²) >= 11 is 6.26. The molecule has 0 aliphatic carbocycles. The van der Waals surface area contributed by atoms with Crippen LogP contribution in [0.25, 0.3) is 22.3 Å². The number of pyridine rings is 2. The van der Waals surface area contributed by atoms with Gasteiger partial charge in [-0.2, -0.15) is 0 Å². The zero-order valence-electron chi connectivity index (χ0n) is 24.8. The summed E-state index contributed by atoms with van der Waals surface area (Å²) in [5.74, 6) is -3.80. The second-order valence-electron chi connectivity index (χ2n) is 10.3. The van der Waals surface area contributed by atoms with E-state index in [1.165, 1.54) is 44.6 Å². The van der Waals surface area contributed by atoms with Crippen LogP contribution in [0.5, 0.6) is 5.88 Å². The lowest BCUT2D eigenvalue weighted by Crippen LogP contribution is -2.19. The lowest BCUT2D eigenvalue weighted by atomic mass is 10.0. The van der Waals surface area contributed by atoms with Crippen LogP contribution in [0.3, 0.4) is 0 Å². The third kappa shape index (κ3) is 6.80. The van der Waals surface area contributed by atoms with E-state index in [4.69, 9.17) is 21.1 Å². The van der Waals surface area contributed by atoms with Gasteiger partial charge in [0.15, 0.2) is 5.82 Å². The first-order chi connectivity index (χ1) is 22.0. The first-order valence-corrected chi connectivity index (χ1v) is 14.3. The number of aromatic nitrogens is 4. The van der Waals surface area contributed by atoms with Gasteiger partial charge in [0.2, 0.25) is 5.88 Å². The zero-order chi connectivity index (χ0) is 33.1. The number of nitrogens with one attached hydrogen (secondary N) is 1. The predicted molar refractivity (Wildman–Crippen MR) is 162 cm³/mol. The molecule has 0 radical (unpaired) electrons. The summed E-state index contributed by atoms with van der Waals surface area (Å²) in [6.07, 6.45) is 0.792. The second kappa shape index (κ2) is 13.5. The number of carboxylic acids is 1. The fourth-order valence-corrected chi connectivity index (χ4v) is 4.93. The normalized spacial score (nSPS) is 11.9. The maximum atomic E-state index is 15.5. The van der Waals surface area contributed by atoms with Gasteiger partial charge in [0, 0.05) is 44.0 Å². The number of halogens is 4. The summed E-state index contributed by atoms with van der Waals surface area (Å²) in [5.41, 5.74) is 0.351. The number of nitrogens with zero attached hydrogens (tertiary/aromatic N) is 4. The van der Waals surface area contributed by atoms with Crippen molar-refractivity contribution in [2.75, 3.05) is 14.2 Å². The largest absolute Gasteiger partial charge is 0.478 e. The Morgan fingerprint density at radius 1 is 1.04 bits per heavy atom. The van der Waals surface area contributed by atoms with Crippen molar-refractivity contribution in [1.82, 2.24) is 24.8 Å². The van der Waals surface area contributed by atoms with Crippen molar-refractivity contribution in [3.05, 3.63) is 105 Å². The van der Waals surface area contributed by atoms with Gasteiger partial charge in [-0.3, -0.25) is 9.78 Å². The minimum absolute atomic E-state index is 0.0522. The molecule has 0 fully saturated rings. The Morgan fingerprint density at radius 3 is 2.52 bits per heavy atom. The van der Waals surface area contributed by atoms with E-state index in [-0.39, 0.29) is 81.5 Å². The lowest BCUT2D eigenvalue weighted by molar-refractivity contribution is 0.0696. The van der Waals surface area contributed by atoms with Gasteiger partial charge in [0.05, 0.1) is 34.4 Å². The van der Waals surface area contributed by atoms with E-state index in [1.54, 1.807) is 17.6 Å². The molecule has 0 aliphatic rings. The summed E-state index contributed by atoms with van der Waals surface area (Å²) in [5, 5.41) is 12.1. The van der Waals surface area contributed by atoms with Crippen LogP contribution < -0.4 is 10.1 Å². The third-order valence-electron chi connectivity index (χ3n) is 7.22. The van der Waals surface area contributed by atoms with Crippen molar-refractivity contribution >= 4 is 34.5 Å². The molecule has 14 heteroatoms. The number of rotatable bonds is 11. The number of carbonyl (C=O) groups is 2. The Kier molecular flexibility index (Phi) is 9.54. The topological polar surface area (TPSA) is 128 Å². The van der Waals surface area contributed by atoms with Crippen LogP contribution in [0, 0.1) is 17.5 Å². The van der Waals surface area contributed by atoms with Crippen LogP contribution >= 0.6 is 11.6 Å². The Hall–Kier alpha value is -5.01. The van der Waals surface area contributed by atoms with E-state index < -0.39 is 29.3 Å². The minimum Gasteiger partial charge on any atom is -0.478 e. The number of hydrogen-bond acceptors (Lipinski definition) is 7. The molecule has 3 aromatic heterocycles. The molecule has 0 saturated carbocycles. The van der Waals surface area contributed by atoms with Gasteiger partial charge in [-0.25, -0.2) is 27.9 Å². The monoisotopic (exact) mass is 653 g/mol. The maximum Gasteiger partial charge on any atom is 0.335 e. The highest BCUT2D eigenvalue weighted by Gasteiger charge is 2.22. The number of imidazole rings is 1. The molecule has 2 N–H and O–H groups in total. The summed E-state index contributed by atoms with van der Waals surface area (Å²) in [7, 11) is 2.95. The van der Waals surface area contributed by atoms with E-state index in [9.17, 15) is 19.1 Å². The van der Waals surface area contributed by atoms with Gasteiger partial charge >= 0.3 is 5.97 Å². The molecule has 2 aromatic carbocycles. The van der Waals surface area contributed by atoms with Crippen molar-refractivity contribution in [2.45, 2.75) is 32.6 Å². The fourth-order valence-electron chi connectivity index (χ4n) is 4.73. The number of hydrogen-bond donors (Lipinski definition) is 2. The first-order valence-electron chi connectivity index (χ1n) is 13.9. The second-order valence-corrected chi connectivity index (χ2v) is 10.7. The molecule has 1 atom stereocenters. The molecule has 46 heavy (non-hydrogen) atoms. The molecule has 5 rings (SSSR count). The van der Waals surface area contributed by atoms with Gasteiger partial charge in [-0.1, -0.05) is 17.7 Å². The minimum atomic E-state index is -1.32. The number of benzene rings is 2. The van der Waals surface area contributed by atoms with Crippen LogP contribution in [0.2, 0.25) is 5.02 Å². The van der Waals surface area contributed by atoms with Crippen molar-refractivity contribution in [3.8, 4) is 17.1 Å². The zero-order valence-corrected chi connectivity index (χ0v) is 25.5. The van der Waals surface area contributed by atoms with E-state index >= 15 is 8.78 Å². The summed E-state index contributed by atoms with van der Waals surface area (Å²) in [6.45, 7) is 1.86. The van der Waals surface area contributed by atoms with Crippen molar-refractivity contribution in [1.29, 1.82) is 0 Å². The number of carboxylic acid groups (broad SMARTS) is 1. The molecular weight excluding hydrogens is 627 g/mol. The number of carbonyl (C=O) groups excluding carboxylic acids is 1. The van der Waals surface area contributed by atoms with Crippen molar-refractivity contribution < 1.29 is 37.3 Å². The van der Waals surface area contributed by atoms with E-state index in [0.29, 0.717) is 5.56 Å². The van der Waals surface area contributed by atoms with Gasteiger partial charge in [0.1, 0.15) is 35.3 Å². The van der Waals surface area contributed by atoms with Gasteiger partial charge in [-0.05, 0) is 48.9 Å². The highest BCUT2D eigenvalue weighted by Crippen LogP contribution is 2.29. The van der Waals surface area contributed by atoms with Crippen LogP contribution in [0.1, 0.15) is 44.7 Å². The molecule has 0 bridgehead atoms. The van der Waals surface area contributed by atoms with E-state index in [1.807, 2.05) is 0 Å². The van der Waals surface area contributed by atoms with Crippen molar-refractivity contribution in [2.24, 2.45) is 0 Å². The molecule has 1 amide bonds. The van der Waals surface area contributed by atoms with Gasteiger partial charge in [-0.15, -0.1) is 0 Å². The number of methoxy groups -OCH3 is 1. The van der Waals surface area contributed by atoms with Crippen LogP contribution in [-0.4, -0.2) is 56.8 Å². The number of ether oxygens (including phenoxy) is 2. The highest BCUT2D eigenvalue weighted by atomic mass is 35.5. The molecule has 0 aliphatic heterocycles. The van der Waals surface area contributed by atoms with E-state index in [0.717, 1.165) is 18.2 Å². The highest BCUT2D eigenvalue weighted by molar-refractivity contribution is 6.31. The number of fused-ring (bicyclic) bond motifs is 1. The molecule has 0 unspecified atom stereocenters. The third-order valence-corrected chi connectivity index (χ3v) is 7.58. The molecule has 5 aromatic rings. The fraction of sp³-hybridized carbons (Fsp3) is 0.219. The molecule has 238 valence electrons. The van der Waals surface area contributed by atoms with Crippen LogP contribution in [0.15, 0.2) is 54.7 Å². The molecule has 3 heterocycles. The Labute approximate surface area is 265 Å². The molecular formula is C32H27ClF3N5O5. The van der Waals surface area contributed by atoms with Gasteiger partial charge < -0.3 is 24.5 Å². The standard InChI is InChI=1S/C32H27ClF3N5O5/c1-16(45-3)14-41-27-9-18(32(43)44)8-24(36)30(27)40-28(41)10-17-7-23(35)20(11-22(17)34)25-5-4-6-29(39-25)46-15-19-13-38-26(12-21(19)33)31(42)37-2/h4-9,11-13,16H,10,14-15H2,1-3H3,(H,37,42)(H,43,44)/t16-/m1/s1. The number of aromatic carboxylic acids is 1. The smallest absolute Gasteiger partial charge is 0.335 e.